The Hall–Kier alpha value is -1.69. The molecule has 0 aromatic heterocycles. The van der Waals surface area contributed by atoms with Crippen molar-refractivity contribution >= 4 is 17.7 Å². The first-order chi connectivity index (χ1) is 17.9. The van der Waals surface area contributed by atoms with E-state index in [-0.39, 0.29) is 62.7 Å². The topological polar surface area (TPSA) is 107 Å². The predicted octanol–water partition coefficient (Wildman–Crippen LogP) is 6.31. The van der Waals surface area contributed by atoms with Crippen molar-refractivity contribution in [3.8, 4) is 0 Å². The molecule has 39 heavy (non-hydrogen) atoms. The fourth-order valence-corrected chi connectivity index (χ4v) is 10.8. The van der Waals surface area contributed by atoms with Gasteiger partial charge in [0, 0.05) is 11.3 Å². The molecule has 10 atom stereocenters. The van der Waals surface area contributed by atoms with Crippen molar-refractivity contribution < 1.29 is 24.2 Å². The predicted molar refractivity (Wildman–Crippen MR) is 151 cm³/mol. The number of hydrogen-bond acceptors (Lipinski definition) is 5. The number of esters is 1. The molecule has 6 nitrogen and oxygen atoms in total. The van der Waals surface area contributed by atoms with Gasteiger partial charge in [-0.25, -0.2) is 0 Å². The lowest BCUT2D eigenvalue weighted by atomic mass is 9.33. The molecular weight excluding hydrogens is 490 g/mol. The molecule has 4 saturated carbocycles. The van der Waals surface area contributed by atoms with Gasteiger partial charge in [0.05, 0.1) is 5.41 Å². The van der Waals surface area contributed by atoms with Crippen LogP contribution in [-0.4, -0.2) is 35.0 Å². The zero-order valence-corrected chi connectivity index (χ0v) is 25.5. The highest BCUT2D eigenvalue weighted by Crippen LogP contribution is 2.75. The number of hydrogen-bond donors (Lipinski definition) is 2. The van der Waals surface area contributed by atoms with Crippen molar-refractivity contribution in [1.29, 1.82) is 0 Å². The van der Waals surface area contributed by atoms with Gasteiger partial charge in [0.25, 0.3) is 0 Å². The molecule has 4 fully saturated rings. The summed E-state index contributed by atoms with van der Waals surface area (Å²) in [4.78, 5) is 39.2. The summed E-state index contributed by atoms with van der Waals surface area (Å²) in [6.45, 7) is 17.4. The van der Waals surface area contributed by atoms with E-state index >= 15 is 0 Å². The van der Waals surface area contributed by atoms with Gasteiger partial charge in [0.1, 0.15) is 12.1 Å². The Kier molecular flexibility index (Phi) is 6.40. The molecule has 0 aromatic carbocycles. The molecule has 0 heterocycles. The van der Waals surface area contributed by atoms with Crippen molar-refractivity contribution in [2.45, 2.75) is 125 Å². The Morgan fingerprint density at radius 1 is 0.974 bits per heavy atom. The number of carbonyl (C=O) groups is 3. The van der Waals surface area contributed by atoms with Gasteiger partial charge in [0.2, 0.25) is 0 Å². The van der Waals surface area contributed by atoms with Gasteiger partial charge in [0.15, 0.2) is 5.78 Å². The molecule has 6 heteroatoms. The average Bonchev–Trinajstić information content (AvgIpc) is 2.83. The number of rotatable bonds is 3. The van der Waals surface area contributed by atoms with E-state index in [1.54, 1.807) is 6.92 Å². The van der Waals surface area contributed by atoms with E-state index in [0.29, 0.717) is 12.8 Å². The van der Waals surface area contributed by atoms with Gasteiger partial charge in [-0.05, 0) is 111 Å². The van der Waals surface area contributed by atoms with E-state index in [9.17, 15) is 19.5 Å². The third-order valence-corrected chi connectivity index (χ3v) is 13.7. The number of aliphatic carboxylic acids is 1. The minimum atomic E-state index is -0.741. The second kappa shape index (κ2) is 8.66. The SMILES string of the molecule is C[C@H](N)C(=O)O[C@H]1CC[C@]2(C)[C@H]3C(=O)C=C4[C@@H]5C[C@@](C)(C(=O)O)CC[C@]5(C)CC[C@@]4(C)[C@]3(C)CC[C@H]2C1(C)C. The van der Waals surface area contributed by atoms with Crippen LogP contribution in [0.15, 0.2) is 11.6 Å². The summed E-state index contributed by atoms with van der Waals surface area (Å²) >= 11 is 0. The second-order valence-electron chi connectivity index (χ2n) is 16.1. The van der Waals surface area contributed by atoms with Crippen molar-refractivity contribution in [1.82, 2.24) is 0 Å². The molecule has 0 spiro atoms. The van der Waals surface area contributed by atoms with Crippen LogP contribution in [-0.2, 0) is 19.1 Å². The Morgan fingerprint density at radius 2 is 1.62 bits per heavy atom. The maximum Gasteiger partial charge on any atom is 0.322 e. The number of ether oxygens (including phenoxy) is 1. The van der Waals surface area contributed by atoms with Gasteiger partial charge in [-0.2, -0.15) is 0 Å². The monoisotopic (exact) mass is 541 g/mol. The molecule has 0 aliphatic heterocycles. The van der Waals surface area contributed by atoms with Crippen LogP contribution in [0.4, 0.5) is 0 Å². The smallest absolute Gasteiger partial charge is 0.322 e. The first-order valence-corrected chi connectivity index (χ1v) is 15.3. The number of allylic oxidation sites excluding steroid dienone is 2. The highest BCUT2D eigenvalue weighted by atomic mass is 16.5. The lowest BCUT2D eigenvalue weighted by molar-refractivity contribution is -0.211. The van der Waals surface area contributed by atoms with Crippen LogP contribution in [0.2, 0.25) is 0 Å². The van der Waals surface area contributed by atoms with E-state index < -0.39 is 17.4 Å². The highest BCUT2D eigenvalue weighted by molar-refractivity contribution is 5.95. The van der Waals surface area contributed by atoms with Crippen LogP contribution in [0.1, 0.15) is 113 Å². The normalized spacial score (nSPS) is 49.4. The molecule has 0 saturated heterocycles. The molecule has 5 aliphatic carbocycles. The molecule has 5 aliphatic rings. The zero-order valence-electron chi connectivity index (χ0n) is 25.5. The third kappa shape index (κ3) is 3.78. The van der Waals surface area contributed by atoms with Gasteiger partial charge >= 0.3 is 11.9 Å². The van der Waals surface area contributed by atoms with E-state index in [2.05, 4.69) is 41.5 Å². The Labute approximate surface area is 234 Å². The van der Waals surface area contributed by atoms with E-state index in [1.807, 2.05) is 13.0 Å². The van der Waals surface area contributed by atoms with Gasteiger partial charge in [-0.15, -0.1) is 0 Å². The Bertz CT molecular complexity index is 1130. The molecule has 0 unspecified atom stereocenters. The lowest BCUT2D eigenvalue weighted by Crippen LogP contribution is -2.67. The average molecular weight is 542 g/mol. The summed E-state index contributed by atoms with van der Waals surface area (Å²) in [5.41, 5.74) is 5.60. The van der Waals surface area contributed by atoms with Crippen molar-refractivity contribution in [3.63, 3.8) is 0 Å². The molecule has 3 N–H and O–H groups in total. The molecular formula is C33H51NO5. The van der Waals surface area contributed by atoms with Crippen LogP contribution in [0.5, 0.6) is 0 Å². The Balaban J connectivity index is 1.54. The standard InChI is InChI=1S/C33H51NO5/c1-19(34)26(36)39-24-10-11-31(6)23(28(24,2)3)9-12-33(8)25(31)22(35)17-20-21-18-30(5,27(37)38)14-13-29(21,4)15-16-32(20,33)7/h17,19,21,23-25H,9-16,18,34H2,1-8H3,(H,37,38)/t19-,21-,23-,24-,25+,29+,30-,31-,32+,33+/m0/s1. The largest absolute Gasteiger partial charge is 0.481 e. The van der Waals surface area contributed by atoms with Crippen LogP contribution in [0.3, 0.4) is 0 Å². The minimum absolute atomic E-state index is 0.0505. The molecule has 5 rings (SSSR count). The Morgan fingerprint density at radius 3 is 2.23 bits per heavy atom. The number of nitrogens with two attached hydrogens (primary N) is 1. The zero-order chi connectivity index (χ0) is 29.0. The molecule has 0 amide bonds. The maximum atomic E-state index is 14.4. The number of carbonyl (C=O) groups excluding carboxylic acids is 2. The number of ketones is 1. The number of carboxylic acid groups (broad SMARTS) is 1. The van der Waals surface area contributed by atoms with Crippen LogP contribution < -0.4 is 5.73 Å². The lowest BCUT2D eigenvalue weighted by Gasteiger charge is -2.70. The second-order valence-corrected chi connectivity index (χ2v) is 16.1. The van der Waals surface area contributed by atoms with E-state index in [0.717, 1.165) is 44.9 Å². The summed E-state index contributed by atoms with van der Waals surface area (Å²) in [7, 11) is 0. The highest BCUT2D eigenvalue weighted by Gasteiger charge is 2.70. The summed E-state index contributed by atoms with van der Waals surface area (Å²) in [5, 5.41) is 10.1. The van der Waals surface area contributed by atoms with Crippen LogP contribution in [0, 0.1) is 50.2 Å². The van der Waals surface area contributed by atoms with Crippen molar-refractivity contribution in [2.75, 3.05) is 0 Å². The fourth-order valence-electron chi connectivity index (χ4n) is 10.8. The quantitative estimate of drug-likeness (QED) is 0.406. The first kappa shape index (κ1) is 28.8. The van der Waals surface area contributed by atoms with Gasteiger partial charge in [-0.3, -0.25) is 14.4 Å². The van der Waals surface area contributed by atoms with Crippen molar-refractivity contribution in [2.24, 2.45) is 56.0 Å². The number of fused-ring (bicyclic) bond motifs is 7. The molecule has 0 aromatic rings. The first-order valence-electron chi connectivity index (χ1n) is 15.3. The van der Waals surface area contributed by atoms with Crippen LogP contribution in [0.25, 0.3) is 0 Å². The molecule has 0 radical (unpaired) electrons. The van der Waals surface area contributed by atoms with E-state index in [1.165, 1.54) is 5.57 Å². The van der Waals surface area contributed by atoms with E-state index in [4.69, 9.17) is 10.5 Å². The minimum Gasteiger partial charge on any atom is -0.481 e. The maximum absolute atomic E-state index is 14.4. The van der Waals surface area contributed by atoms with Crippen molar-refractivity contribution in [3.05, 3.63) is 11.6 Å². The summed E-state index contributed by atoms with van der Waals surface area (Å²) < 4.78 is 5.96. The fraction of sp³-hybridized carbons (Fsp3) is 0.848. The molecule has 0 bridgehead atoms. The molecule has 218 valence electrons. The summed E-state index contributed by atoms with van der Waals surface area (Å²) in [5.74, 6) is -0.531. The summed E-state index contributed by atoms with van der Waals surface area (Å²) in [6, 6.07) is -0.646. The summed E-state index contributed by atoms with van der Waals surface area (Å²) in [6.07, 6.45) is 9.69. The third-order valence-electron chi connectivity index (χ3n) is 13.7. The van der Waals surface area contributed by atoms with Crippen LogP contribution >= 0.6 is 0 Å². The number of carboxylic acids is 1. The van der Waals surface area contributed by atoms with Gasteiger partial charge < -0.3 is 15.6 Å². The van der Waals surface area contributed by atoms with Gasteiger partial charge in [-0.1, -0.05) is 47.1 Å².